The molecule has 0 atom stereocenters. The number of hydrogen-bond acceptors (Lipinski definition) is 3. The van der Waals surface area contributed by atoms with Gasteiger partial charge < -0.3 is 9.64 Å². The van der Waals surface area contributed by atoms with Crippen LogP contribution in [0.15, 0.2) is 6.20 Å². The molecule has 0 fully saturated rings. The van der Waals surface area contributed by atoms with Gasteiger partial charge in [-0.25, -0.2) is 4.79 Å². The standard InChI is InChI=1S/C9H13N3O2/c1-14-9(13)12-4-2-3-8-7(6-12)5-10-11-8/h5H,2-4,6H2,1H3,(H,10,11). The lowest BCUT2D eigenvalue weighted by Gasteiger charge is -2.17. The number of carbonyl (C=O) groups excluding carboxylic acids is 1. The van der Waals surface area contributed by atoms with Crippen molar-refractivity contribution in [2.24, 2.45) is 0 Å². The Labute approximate surface area is 82.0 Å². The molecule has 1 aromatic rings. The molecule has 0 aliphatic carbocycles. The van der Waals surface area contributed by atoms with E-state index in [9.17, 15) is 4.79 Å². The number of aryl methyl sites for hydroxylation is 1. The van der Waals surface area contributed by atoms with E-state index in [0.29, 0.717) is 6.54 Å². The number of carbonyl (C=O) groups is 1. The van der Waals surface area contributed by atoms with Gasteiger partial charge in [0, 0.05) is 17.8 Å². The predicted molar refractivity (Wildman–Crippen MR) is 49.7 cm³/mol. The lowest BCUT2D eigenvalue weighted by atomic mass is 10.2. The second-order valence-electron chi connectivity index (χ2n) is 3.37. The molecule has 2 rings (SSSR count). The molecule has 0 bridgehead atoms. The Morgan fingerprint density at radius 3 is 3.36 bits per heavy atom. The Morgan fingerprint density at radius 1 is 1.71 bits per heavy atom. The summed E-state index contributed by atoms with van der Waals surface area (Å²) in [5.74, 6) is 0. The molecule has 76 valence electrons. The molecule has 5 heteroatoms. The molecule has 0 spiro atoms. The third-order valence-corrected chi connectivity index (χ3v) is 2.46. The summed E-state index contributed by atoms with van der Waals surface area (Å²) in [5, 5.41) is 6.91. The molecule has 1 N–H and O–H groups in total. The van der Waals surface area contributed by atoms with Gasteiger partial charge in [-0.2, -0.15) is 5.10 Å². The molecule has 0 saturated carbocycles. The van der Waals surface area contributed by atoms with Gasteiger partial charge in [0.25, 0.3) is 0 Å². The van der Waals surface area contributed by atoms with Gasteiger partial charge in [0.15, 0.2) is 0 Å². The molecule has 1 aliphatic heterocycles. The molecule has 1 amide bonds. The van der Waals surface area contributed by atoms with E-state index in [2.05, 4.69) is 10.2 Å². The number of fused-ring (bicyclic) bond motifs is 1. The lowest BCUT2D eigenvalue weighted by Crippen LogP contribution is -2.30. The van der Waals surface area contributed by atoms with Crippen molar-refractivity contribution in [3.05, 3.63) is 17.5 Å². The lowest BCUT2D eigenvalue weighted by molar-refractivity contribution is 0.121. The zero-order valence-corrected chi connectivity index (χ0v) is 8.12. The molecule has 2 heterocycles. The maximum Gasteiger partial charge on any atom is 0.409 e. The highest BCUT2D eigenvalue weighted by Gasteiger charge is 2.19. The molecule has 14 heavy (non-hydrogen) atoms. The predicted octanol–water partition coefficient (Wildman–Crippen LogP) is 0.924. The van der Waals surface area contributed by atoms with Crippen molar-refractivity contribution >= 4 is 6.09 Å². The van der Waals surface area contributed by atoms with Crippen molar-refractivity contribution in [3.63, 3.8) is 0 Å². The minimum absolute atomic E-state index is 0.265. The fourth-order valence-electron chi connectivity index (χ4n) is 1.71. The topological polar surface area (TPSA) is 58.2 Å². The van der Waals surface area contributed by atoms with E-state index >= 15 is 0 Å². The zero-order chi connectivity index (χ0) is 9.97. The second kappa shape index (κ2) is 3.69. The third-order valence-electron chi connectivity index (χ3n) is 2.46. The van der Waals surface area contributed by atoms with Crippen LogP contribution < -0.4 is 0 Å². The number of methoxy groups -OCH3 is 1. The maximum absolute atomic E-state index is 11.3. The van der Waals surface area contributed by atoms with E-state index in [1.54, 1.807) is 11.1 Å². The SMILES string of the molecule is COC(=O)N1CCCc2[nH]ncc2C1. The Morgan fingerprint density at radius 2 is 2.57 bits per heavy atom. The molecular formula is C9H13N3O2. The summed E-state index contributed by atoms with van der Waals surface area (Å²) in [5.41, 5.74) is 2.23. The molecule has 0 aromatic carbocycles. The molecule has 0 saturated heterocycles. The van der Waals surface area contributed by atoms with Crippen LogP contribution in [0.4, 0.5) is 4.79 Å². The first-order valence-corrected chi connectivity index (χ1v) is 4.65. The first kappa shape index (κ1) is 9.05. The van der Waals surface area contributed by atoms with Gasteiger partial charge in [0.2, 0.25) is 0 Å². The van der Waals surface area contributed by atoms with Crippen LogP contribution in [0.2, 0.25) is 0 Å². The van der Waals surface area contributed by atoms with E-state index in [1.807, 2.05) is 0 Å². The molecule has 5 nitrogen and oxygen atoms in total. The Bertz CT molecular complexity index is 335. The average Bonchev–Trinajstić information content (AvgIpc) is 2.54. The number of nitrogens with one attached hydrogen (secondary N) is 1. The van der Waals surface area contributed by atoms with Gasteiger partial charge in [-0.3, -0.25) is 5.10 Å². The third kappa shape index (κ3) is 1.57. The summed E-state index contributed by atoms with van der Waals surface area (Å²) in [7, 11) is 1.41. The molecular weight excluding hydrogens is 182 g/mol. The summed E-state index contributed by atoms with van der Waals surface area (Å²) in [6, 6.07) is 0. The Hall–Kier alpha value is -1.52. The summed E-state index contributed by atoms with van der Waals surface area (Å²) in [6.07, 6.45) is 3.41. The summed E-state index contributed by atoms with van der Waals surface area (Å²) < 4.78 is 4.69. The minimum Gasteiger partial charge on any atom is -0.453 e. The van der Waals surface area contributed by atoms with Crippen LogP contribution in [0, 0.1) is 0 Å². The number of aromatic amines is 1. The highest BCUT2D eigenvalue weighted by Crippen LogP contribution is 2.16. The van der Waals surface area contributed by atoms with Crippen LogP contribution >= 0.6 is 0 Å². The number of amides is 1. The quantitative estimate of drug-likeness (QED) is 0.669. The average molecular weight is 195 g/mol. The fraction of sp³-hybridized carbons (Fsp3) is 0.556. The van der Waals surface area contributed by atoms with E-state index in [4.69, 9.17) is 4.74 Å². The van der Waals surface area contributed by atoms with Gasteiger partial charge >= 0.3 is 6.09 Å². The number of ether oxygens (including phenoxy) is 1. The van der Waals surface area contributed by atoms with Gasteiger partial charge in [-0.05, 0) is 12.8 Å². The van der Waals surface area contributed by atoms with Crippen LogP contribution in [-0.4, -0.2) is 34.8 Å². The molecule has 1 aliphatic rings. The van der Waals surface area contributed by atoms with Crippen molar-refractivity contribution in [2.45, 2.75) is 19.4 Å². The maximum atomic E-state index is 11.3. The number of nitrogens with zero attached hydrogens (tertiary/aromatic N) is 2. The van der Waals surface area contributed by atoms with Crippen molar-refractivity contribution in [1.82, 2.24) is 15.1 Å². The molecule has 0 radical (unpaired) electrons. The number of aromatic nitrogens is 2. The first-order valence-electron chi connectivity index (χ1n) is 4.65. The Kier molecular flexibility index (Phi) is 2.39. The van der Waals surface area contributed by atoms with Crippen molar-refractivity contribution < 1.29 is 9.53 Å². The van der Waals surface area contributed by atoms with Gasteiger partial charge in [0.1, 0.15) is 0 Å². The number of hydrogen-bond donors (Lipinski definition) is 1. The monoisotopic (exact) mass is 195 g/mol. The van der Waals surface area contributed by atoms with Crippen LogP contribution in [0.3, 0.4) is 0 Å². The van der Waals surface area contributed by atoms with Gasteiger partial charge in [-0.15, -0.1) is 0 Å². The first-order chi connectivity index (χ1) is 6.81. The smallest absolute Gasteiger partial charge is 0.409 e. The van der Waals surface area contributed by atoms with Crippen LogP contribution in [0.5, 0.6) is 0 Å². The fourth-order valence-corrected chi connectivity index (χ4v) is 1.71. The van der Waals surface area contributed by atoms with Crippen LogP contribution in [0.25, 0.3) is 0 Å². The second-order valence-corrected chi connectivity index (χ2v) is 3.37. The number of H-pyrrole nitrogens is 1. The molecule has 1 aromatic heterocycles. The van der Waals surface area contributed by atoms with E-state index in [1.165, 1.54) is 7.11 Å². The van der Waals surface area contributed by atoms with Crippen molar-refractivity contribution in [1.29, 1.82) is 0 Å². The summed E-state index contributed by atoms with van der Waals surface area (Å²) in [4.78, 5) is 13.0. The summed E-state index contributed by atoms with van der Waals surface area (Å²) in [6.45, 7) is 1.34. The van der Waals surface area contributed by atoms with Gasteiger partial charge in [0.05, 0.1) is 19.9 Å². The van der Waals surface area contributed by atoms with Gasteiger partial charge in [-0.1, -0.05) is 0 Å². The zero-order valence-electron chi connectivity index (χ0n) is 8.12. The largest absolute Gasteiger partial charge is 0.453 e. The highest BCUT2D eigenvalue weighted by atomic mass is 16.5. The Balaban J connectivity index is 2.15. The van der Waals surface area contributed by atoms with E-state index < -0.39 is 0 Å². The summed E-state index contributed by atoms with van der Waals surface area (Å²) >= 11 is 0. The molecule has 0 unspecified atom stereocenters. The van der Waals surface area contributed by atoms with Crippen molar-refractivity contribution in [2.75, 3.05) is 13.7 Å². The highest BCUT2D eigenvalue weighted by molar-refractivity contribution is 5.67. The van der Waals surface area contributed by atoms with Crippen molar-refractivity contribution in [3.8, 4) is 0 Å². The van der Waals surface area contributed by atoms with E-state index in [-0.39, 0.29) is 6.09 Å². The minimum atomic E-state index is -0.265. The normalized spacial score (nSPS) is 15.9. The van der Waals surface area contributed by atoms with E-state index in [0.717, 1.165) is 30.6 Å². The number of rotatable bonds is 0. The van der Waals surface area contributed by atoms with Crippen LogP contribution in [0.1, 0.15) is 17.7 Å². The van der Waals surface area contributed by atoms with Crippen LogP contribution in [-0.2, 0) is 17.7 Å².